The summed E-state index contributed by atoms with van der Waals surface area (Å²) in [6.45, 7) is 0. The van der Waals surface area contributed by atoms with Gasteiger partial charge >= 0.3 is 11.7 Å². The van der Waals surface area contributed by atoms with Gasteiger partial charge in [-0.3, -0.25) is 18.7 Å². The quantitative estimate of drug-likeness (QED) is 0.586. The van der Waals surface area contributed by atoms with E-state index in [1.165, 1.54) is 25.8 Å². The van der Waals surface area contributed by atoms with Gasteiger partial charge in [-0.05, 0) is 0 Å². The van der Waals surface area contributed by atoms with Crippen LogP contribution < -0.4 is 11.2 Å². The Kier molecular flexibility index (Phi) is 3.47. The third-order valence-electron chi connectivity index (χ3n) is 2.63. The molecular formula is C10H12N4O4S. The van der Waals surface area contributed by atoms with E-state index in [1.807, 2.05) is 0 Å². The molecule has 0 amide bonds. The standard InChI is InChI=1S/C10H12N4O4S/c1-13-7-6(8(16)14(2)10(13)17)11-9(12-7)19-4-5(15)18-3/h4H2,1-3H3,(H,11,12). The van der Waals surface area contributed by atoms with Gasteiger partial charge in [0, 0.05) is 14.1 Å². The van der Waals surface area contributed by atoms with Crippen LogP contribution in [0.5, 0.6) is 0 Å². The molecule has 2 aromatic heterocycles. The highest BCUT2D eigenvalue weighted by atomic mass is 32.2. The van der Waals surface area contributed by atoms with Crippen LogP contribution in [-0.4, -0.2) is 37.9 Å². The van der Waals surface area contributed by atoms with Gasteiger partial charge in [0.25, 0.3) is 5.56 Å². The zero-order valence-electron chi connectivity index (χ0n) is 10.6. The third kappa shape index (κ3) is 2.28. The normalized spacial score (nSPS) is 10.9. The molecule has 0 fully saturated rings. The number of methoxy groups -OCH3 is 1. The number of rotatable bonds is 3. The maximum absolute atomic E-state index is 11.9. The molecule has 8 nitrogen and oxygen atoms in total. The van der Waals surface area contributed by atoms with Crippen molar-refractivity contribution in [2.75, 3.05) is 12.9 Å². The molecule has 19 heavy (non-hydrogen) atoms. The Hall–Kier alpha value is -2.03. The summed E-state index contributed by atoms with van der Waals surface area (Å²) in [4.78, 5) is 41.6. The molecule has 0 bridgehead atoms. The number of nitrogens with one attached hydrogen (secondary N) is 1. The van der Waals surface area contributed by atoms with E-state index in [1.54, 1.807) is 0 Å². The van der Waals surface area contributed by atoms with Crippen molar-refractivity contribution in [3.05, 3.63) is 20.8 Å². The average Bonchev–Trinajstić information content (AvgIpc) is 2.84. The molecule has 0 spiro atoms. The van der Waals surface area contributed by atoms with Gasteiger partial charge in [0.2, 0.25) is 0 Å². The molecule has 102 valence electrons. The highest BCUT2D eigenvalue weighted by Gasteiger charge is 2.14. The van der Waals surface area contributed by atoms with Crippen molar-refractivity contribution in [3.63, 3.8) is 0 Å². The predicted molar refractivity (Wildman–Crippen MR) is 69.3 cm³/mol. The number of nitrogens with zero attached hydrogens (tertiary/aromatic N) is 3. The number of carbonyl (C=O) groups is 1. The molecule has 9 heteroatoms. The number of hydrogen-bond acceptors (Lipinski definition) is 6. The van der Waals surface area contributed by atoms with Crippen molar-refractivity contribution in [1.82, 2.24) is 19.1 Å². The van der Waals surface area contributed by atoms with Gasteiger partial charge in [0.05, 0.1) is 12.9 Å². The van der Waals surface area contributed by atoms with E-state index in [2.05, 4.69) is 14.7 Å². The Morgan fingerprint density at radius 3 is 2.68 bits per heavy atom. The molecule has 2 heterocycles. The van der Waals surface area contributed by atoms with Crippen molar-refractivity contribution in [3.8, 4) is 0 Å². The summed E-state index contributed by atoms with van der Waals surface area (Å²) in [7, 11) is 4.22. The van der Waals surface area contributed by atoms with Crippen LogP contribution in [0.15, 0.2) is 14.7 Å². The SMILES string of the molecule is COC(=O)CSc1nc2c([nH]1)c(=O)n(C)c(=O)n2C. The molecule has 2 aromatic rings. The number of hydrogen-bond donors (Lipinski definition) is 1. The number of ether oxygens (including phenoxy) is 1. The maximum Gasteiger partial charge on any atom is 0.332 e. The minimum Gasteiger partial charge on any atom is -0.468 e. The molecule has 0 atom stereocenters. The molecule has 0 aliphatic rings. The Labute approximate surface area is 111 Å². The Morgan fingerprint density at radius 2 is 2.05 bits per heavy atom. The summed E-state index contributed by atoms with van der Waals surface area (Å²) < 4.78 is 6.78. The number of aryl methyl sites for hydroxylation is 1. The summed E-state index contributed by atoms with van der Waals surface area (Å²) in [5.41, 5.74) is -0.401. The maximum atomic E-state index is 11.9. The summed E-state index contributed by atoms with van der Waals surface area (Å²) in [6.07, 6.45) is 0. The monoisotopic (exact) mass is 284 g/mol. The fraction of sp³-hybridized carbons (Fsp3) is 0.400. The predicted octanol–water partition coefficient (Wildman–Crippen LogP) is -0.775. The van der Waals surface area contributed by atoms with Gasteiger partial charge < -0.3 is 9.72 Å². The summed E-state index contributed by atoms with van der Waals surface area (Å²) in [5, 5.41) is 0.388. The van der Waals surface area contributed by atoms with E-state index in [9.17, 15) is 14.4 Å². The lowest BCUT2D eigenvalue weighted by Gasteiger charge is -2.00. The number of aromatic amines is 1. The first kappa shape index (κ1) is 13.4. The summed E-state index contributed by atoms with van der Waals surface area (Å²) in [5.74, 6) is -0.322. The molecule has 0 aliphatic heterocycles. The highest BCUT2D eigenvalue weighted by molar-refractivity contribution is 7.99. The van der Waals surface area contributed by atoms with E-state index in [4.69, 9.17) is 0 Å². The number of carbonyl (C=O) groups excluding carboxylic acids is 1. The van der Waals surface area contributed by atoms with Crippen molar-refractivity contribution in [2.24, 2.45) is 14.1 Å². The molecule has 0 unspecified atom stereocenters. The fourth-order valence-corrected chi connectivity index (χ4v) is 2.26. The van der Waals surface area contributed by atoms with Gasteiger partial charge in [-0.2, -0.15) is 0 Å². The van der Waals surface area contributed by atoms with Crippen LogP contribution in [0.3, 0.4) is 0 Å². The van der Waals surface area contributed by atoms with E-state index in [-0.39, 0.29) is 16.9 Å². The van der Waals surface area contributed by atoms with Crippen LogP contribution in [0.4, 0.5) is 0 Å². The first-order valence-electron chi connectivity index (χ1n) is 5.31. The fourth-order valence-electron chi connectivity index (χ4n) is 1.56. The first-order chi connectivity index (χ1) is 8.95. The molecule has 0 radical (unpaired) electrons. The number of aromatic nitrogens is 4. The Balaban J connectivity index is 2.49. The number of H-pyrrole nitrogens is 1. The van der Waals surface area contributed by atoms with Crippen LogP contribution >= 0.6 is 11.8 Å². The van der Waals surface area contributed by atoms with Crippen LogP contribution in [-0.2, 0) is 23.6 Å². The summed E-state index contributed by atoms with van der Waals surface area (Å²) >= 11 is 1.10. The van der Waals surface area contributed by atoms with Crippen LogP contribution in [0, 0.1) is 0 Å². The van der Waals surface area contributed by atoms with E-state index in [0.29, 0.717) is 5.16 Å². The lowest BCUT2D eigenvalue weighted by atomic mass is 10.5. The second-order valence-corrected chi connectivity index (χ2v) is 4.78. The molecule has 2 rings (SSSR count). The Morgan fingerprint density at radius 1 is 1.37 bits per heavy atom. The Bertz CT molecular complexity index is 757. The van der Waals surface area contributed by atoms with Crippen molar-refractivity contribution in [1.29, 1.82) is 0 Å². The minimum absolute atomic E-state index is 0.0740. The smallest absolute Gasteiger partial charge is 0.332 e. The van der Waals surface area contributed by atoms with E-state index < -0.39 is 17.2 Å². The highest BCUT2D eigenvalue weighted by Crippen LogP contribution is 2.16. The largest absolute Gasteiger partial charge is 0.468 e. The lowest BCUT2D eigenvalue weighted by Crippen LogP contribution is -2.36. The topological polar surface area (TPSA) is 99.0 Å². The average molecular weight is 284 g/mol. The number of fused-ring (bicyclic) bond motifs is 1. The van der Waals surface area contributed by atoms with Crippen LogP contribution in [0.25, 0.3) is 11.2 Å². The molecule has 0 aliphatic carbocycles. The second kappa shape index (κ2) is 4.92. The summed E-state index contributed by atoms with van der Waals surface area (Å²) in [6, 6.07) is 0. The van der Waals surface area contributed by atoms with Gasteiger partial charge in [-0.25, -0.2) is 9.78 Å². The molecule has 0 saturated heterocycles. The van der Waals surface area contributed by atoms with Crippen molar-refractivity contribution in [2.45, 2.75) is 5.16 Å². The van der Waals surface area contributed by atoms with Gasteiger partial charge in [-0.1, -0.05) is 11.8 Å². The molecule has 0 aromatic carbocycles. The van der Waals surface area contributed by atoms with Crippen LogP contribution in [0.1, 0.15) is 0 Å². The van der Waals surface area contributed by atoms with Crippen LogP contribution in [0.2, 0.25) is 0 Å². The number of imidazole rings is 1. The van der Waals surface area contributed by atoms with E-state index >= 15 is 0 Å². The first-order valence-corrected chi connectivity index (χ1v) is 6.29. The van der Waals surface area contributed by atoms with Crippen molar-refractivity contribution < 1.29 is 9.53 Å². The van der Waals surface area contributed by atoms with Crippen molar-refractivity contribution >= 4 is 28.9 Å². The lowest BCUT2D eigenvalue weighted by molar-refractivity contribution is -0.137. The zero-order chi connectivity index (χ0) is 14.2. The molecule has 1 N–H and O–H groups in total. The number of esters is 1. The van der Waals surface area contributed by atoms with E-state index in [0.717, 1.165) is 16.3 Å². The second-order valence-electron chi connectivity index (χ2n) is 3.81. The van der Waals surface area contributed by atoms with Gasteiger partial charge in [-0.15, -0.1) is 0 Å². The van der Waals surface area contributed by atoms with Gasteiger partial charge in [0.15, 0.2) is 16.3 Å². The zero-order valence-corrected chi connectivity index (χ0v) is 11.4. The minimum atomic E-state index is -0.450. The molecule has 0 saturated carbocycles. The number of thioether (sulfide) groups is 1. The third-order valence-corrected chi connectivity index (χ3v) is 3.47. The molecular weight excluding hydrogens is 272 g/mol. The van der Waals surface area contributed by atoms with Gasteiger partial charge in [0.1, 0.15) is 0 Å².